The SMILES string of the molecule is CN1C(=S)N(c2ccc(Cl)cc2)C(=O)/C1=C/c1cn(CC(=O)NC2CC2)c2ccccc12. The first-order valence-corrected chi connectivity index (χ1v) is 11.2. The summed E-state index contributed by atoms with van der Waals surface area (Å²) >= 11 is 11.5. The molecular formula is C24H21ClN4O2S. The van der Waals surface area contributed by atoms with Crippen molar-refractivity contribution in [3.63, 3.8) is 0 Å². The second-order valence-corrected chi connectivity index (χ2v) is 8.86. The third-order valence-corrected chi connectivity index (χ3v) is 6.42. The molecule has 1 saturated carbocycles. The van der Waals surface area contributed by atoms with Crippen LogP contribution in [0.25, 0.3) is 17.0 Å². The molecule has 162 valence electrons. The fourth-order valence-electron chi connectivity index (χ4n) is 3.90. The van der Waals surface area contributed by atoms with E-state index in [0.29, 0.717) is 27.6 Å². The van der Waals surface area contributed by atoms with Crippen LogP contribution in [0.15, 0.2) is 60.4 Å². The van der Waals surface area contributed by atoms with Gasteiger partial charge in [-0.15, -0.1) is 0 Å². The Kier molecular flexibility index (Phi) is 5.23. The van der Waals surface area contributed by atoms with E-state index in [1.54, 1.807) is 36.2 Å². The van der Waals surface area contributed by atoms with Gasteiger partial charge in [-0.25, -0.2) is 0 Å². The molecule has 0 atom stereocenters. The van der Waals surface area contributed by atoms with Crippen LogP contribution in [0.1, 0.15) is 18.4 Å². The number of hydrogen-bond donors (Lipinski definition) is 1. The van der Waals surface area contributed by atoms with Gasteiger partial charge in [0.05, 0.1) is 5.69 Å². The molecule has 1 aliphatic heterocycles. The average Bonchev–Trinajstić information content (AvgIpc) is 3.49. The maximum Gasteiger partial charge on any atom is 0.281 e. The third-order valence-electron chi connectivity index (χ3n) is 5.71. The summed E-state index contributed by atoms with van der Waals surface area (Å²) in [5.41, 5.74) is 2.93. The highest BCUT2D eigenvalue weighted by atomic mass is 35.5. The molecular weight excluding hydrogens is 444 g/mol. The summed E-state index contributed by atoms with van der Waals surface area (Å²) in [6.07, 6.45) is 5.85. The van der Waals surface area contributed by atoms with Crippen LogP contribution in [0.5, 0.6) is 0 Å². The van der Waals surface area contributed by atoms with Gasteiger partial charge in [-0.05, 0) is 61.5 Å². The number of thiocarbonyl (C=S) groups is 1. The molecule has 0 radical (unpaired) electrons. The number of carbonyl (C=O) groups excluding carboxylic acids is 2. The minimum Gasteiger partial charge on any atom is -0.352 e. The Balaban J connectivity index is 1.50. The predicted octanol–water partition coefficient (Wildman–Crippen LogP) is 4.18. The zero-order valence-corrected chi connectivity index (χ0v) is 19.0. The standard InChI is InChI=1S/C24H21ClN4O2S/c1-27-21(23(31)29(24(27)32)18-10-6-16(25)7-11-18)12-15-13-28(14-22(30)26-17-8-9-17)20-5-3-2-4-19(15)20/h2-7,10-13,17H,8-9,14H2,1H3,(H,26,30)/b21-12-. The number of nitrogens with zero attached hydrogens (tertiary/aromatic N) is 3. The first-order valence-electron chi connectivity index (χ1n) is 10.4. The summed E-state index contributed by atoms with van der Waals surface area (Å²) < 4.78 is 1.92. The molecule has 2 aliphatic rings. The highest BCUT2D eigenvalue weighted by Gasteiger charge is 2.37. The van der Waals surface area contributed by atoms with E-state index in [1.807, 2.05) is 41.1 Å². The molecule has 2 amide bonds. The first kappa shape index (κ1) is 20.7. The summed E-state index contributed by atoms with van der Waals surface area (Å²) in [5, 5.41) is 4.99. The molecule has 1 N–H and O–H groups in total. The summed E-state index contributed by atoms with van der Waals surface area (Å²) in [4.78, 5) is 28.9. The Morgan fingerprint density at radius 1 is 1.19 bits per heavy atom. The average molecular weight is 465 g/mol. The number of halogens is 1. The predicted molar refractivity (Wildman–Crippen MR) is 130 cm³/mol. The van der Waals surface area contributed by atoms with Crippen molar-refractivity contribution in [1.82, 2.24) is 14.8 Å². The fourth-order valence-corrected chi connectivity index (χ4v) is 4.31. The lowest BCUT2D eigenvalue weighted by atomic mass is 10.1. The van der Waals surface area contributed by atoms with E-state index in [2.05, 4.69) is 5.32 Å². The number of fused-ring (bicyclic) bond motifs is 1. The number of para-hydroxylation sites is 1. The van der Waals surface area contributed by atoms with Crippen LogP contribution in [0.3, 0.4) is 0 Å². The molecule has 1 aromatic heterocycles. The lowest BCUT2D eigenvalue weighted by Gasteiger charge is -2.16. The minimum atomic E-state index is -0.205. The van der Waals surface area contributed by atoms with Gasteiger partial charge in [-0.3, -0.25) is 14.5 Å². The van der Waals surface area contributed by atoms with Crippen molar-refractivity contribution in [2.75, 3.05) is 11.9 Å². The van der Waals surface area contributed by atoms with Crippen molar-refractivity contribution >= 4 is 63.4 Å². The van der Waals surface area contributed by atoms with Crippen molar-refractivity contribution in [3.05, 3.63) is 71.0 Å². The third kappa shape index (κ3) is 3.78. The fraction of sp³-hybridized carbons (Fsp3) is 0.208. The van der Waals surface area contributed by atoms with Crippen molar-refractivity contribution < 1.29 is 9.59 Å². The first-order chi connectivity index (χ1) is 15.4. The molecule has 1 saturated heterocycles. The van der Waals surface area contributed by atoms with Gasteiger partial charge in [0.25, 0.3) is 5.91 Å². The van der Waals surface area contributed by atoms with Gasteiger partial charge in [0, 0.05) is 40.8 Å². The largest absolute Gasteiger partial charge is 0.352 e. The van der Waals surface area contributed by atoms with E-state index in [-0.39, 0.29) is 18.4 Å². The number of nitrogens with one attached hydrogen (secondary N) is 1. The second kappa shape index (κ2) is 8.07. The molecule has 32 heavy (non-hydrogen) atoms. The molecule has 8 heteroatoms. The van der Waals surface area contributed by atoms with Gasteiger partial charge in [0.15, 0.2) is 5.11 Å². The van der Waals surface area contributed by atoms with E-state index in [1.165, 1.54) is 4.90 Å². The molecule has 2 fully saturated rings. The van der Waals surface area contributed by atoms with Crippen LogP contribution in [0.2, 0.25) is 5.02 Å². The van der Waals surface area contributed by atoms with Crippen LogP contribution < -0.4 is 10.2 Å². The number of carbonyl (C=O) groups is 2. The van der Waals surface area contributed by atoms with Crippen LogP contribution in [0, 0.1) is 0 Å². The Hall–Kier alpha value is -3.16. The van der Waals surface area contributed by atoms with E-state index < -0.39 is 0 Å². The van der Waals surface area contributed by atoms with E-state index in [4.69, 9.17) is 23.8 Å². The molecule has 5 rings (SSSR count). The van der Waals surface area contributed by atoms with Crippen molar-refractivity contribution in [2.45, 2.75) is 25.4 Å². The normalized spacial score (nSPS) is 17.6. The molecule has 6 nitrogen and oxygen atoms in total. The number of benzene rings is 2. The van der Waals surface area contributed by atoms with E-state index in [9.17, 15) is 9.59 Å². The number of likely N-dealkylation sites (N-methyl/N-ethyl adjacent to an activating group) is 1. The Labute approximate surface area is 196 Å². The topological polar surface area (TPSA) is 57.6 Å². The second-order valence-electron chi connectivity index (χ2n) is 8.06. The number of amides is 2. The lowest BCUT2D eigenvalue weighted by Crippen LogP contribution is -2.31. The Bertz CT molecular complexity index is 1280. The Morgan fingerprint density at radius 2 is 1.91 bits per heavy atom. The molecule has 0 spiro atoms. The number of anilines is 1. The van der Waals surface area contributed by atoms with Gasteiger partial charge in [-0.2, -0.15) is 0 Å². The molecule has 2 heterocycles. The van der Waals surface area contributed by atoms with E-state index in [0.717, 1.165) is 29.3 Å². The van der Waals surface area contributed by atoms with Gasteiger partial charge in [0.1, 0.15) is 12.2 Å². The van der Waals surface area contributed by atoms with Crippen LogP contribution in [0.4, 0.5) is 5.69 Å². The van der Waals surface area contributed by atoms with Gasteiger partial charge < -0.3 is 14.8 Å². The highest BCUT2D eigenvalue weighted by Crippen LogP contribution is 2.31. The monoisotopic (exact) mass is 464 g/mol. The van der Waals surface area contributed by atoms with E-state index >= 15 is 0 Å². The van der Waals surface area contributed by atoms with Crippen LogP contribution >= 0.6 is 23.8 Å². The zero-order valence-electron chi connectivity index (χ0n) is 17.4. The van der Waals surface area contributed by atoms with Gasteiger partial charge in [0.2, 0.25) is 5.91 Å². The highest BCUT2D eigenvalue weighted by molar-refractivity contribution is 7.80. The molecule has 3 aromatic rings. The molecule has 2 aromatic carbocycles. The summed E-state index contributed by atoms with van der Waals surface area (Å²) in [6.45, 7) is 0.235. The van der Waals surface area contributed by atoms with Crippen LogP contribution in [-0.4, -0.2) is 39.5 Å². The quantitative estimate of drug-likeness (QED) is 0.454. The zero-order chi connectivity index (χ0) is 22.4. The maximum atomic E-state index is 13.3. The van der Waals surface area contributed by atoms with Gasteiger partial charge >= 0.3 is 0 Å². The van der Waals surface area contributed by atoms with Crippen molar-refractivity contribution in [1.29, 1.82) is 0 Å². The smallest absolute Gasteiger partial charge is 0.281 e. The molecule has 1 aliphatic carbocycles. The molecule has 0 unspecified atom stereocenters. The summed E-state index contributed by atoms with van der Waals surface area (Å²) in [6, 6.07) is 15.2. The maximum absolute atomic E-state index is 13.3. The van der Waals surface area contributed by atoms with Crippen molar-refractivity contribution in [2.24, 2.45) is 0 Å². The summed E-state index contributed by atoms with van der Waals surface area (Å²) in [7, 11) is 1.78. The minimum absolute atomic E-state index is 0.00314. The Morgan fingerprint density at radius 3 is 2.62 bits per heavy atom. The van der Waals surface area contributed by atoms with Gasteiger partial charge in [-0.1, -0.05) is 29.8 Å². The number of aromatic nitrogens is 1. The lowest BCUT2D eigenvalue weighted by molar-refractivity contribution is -0.121. The number of hydrogen-bond acceptors (Lipinski definition) is 3. The number of rotatable bonds is 5. The molecule has 0 bridgehead atoms. The van der Waals surface area contributed by atoms with Crippen LogP contribution in [-0.2, 0) is 16.1 Å². The summed E-state index contributed by atoms with van der Waals surface area (Å²) in [5.74, 6) is -0.209. The van der Waals surface area contributed by atoms with Crippen molar-refractivity contribution in [3.8, 4) is 0 Å².